The zero-order valence-corrected chi connectivity index (χ0v) is 33.8. The van der Waals surface area contributed by atoms with E-state index in [0.29, 0.717) is 0 Å². The molecule has 0 saturated carbocycles. The Hall–Kier alpha value is -1.96. The van der Waals surface area contributed by atoms with Gasteiger partial charge in [-0.3, -0.25) is 0 Å². The van der Waals surface area contributed by atoms with E-state index in [1.54, 1.807) is 0 Å². The van der Waals surface area contributed by atoms with Crippen molar-refractivity contribution in [3.8, 4) is 22.3 Å². The van der Waals surface area contributed by atoms with Crippen LogP contribution in [0, 0.1) is 0 Å². The molecule has 0 amide bonds. The third-order valence-corrected chi connectivity index (χ3v) is 13.8. The van der Waals surface area contributed by atoms with E-state index in [1.807, 2.05) is 0 Å². The summed E-state index contributed by atoms with van der Waals surface area (Å²) in [7, 11) is 0.216. The maximum Gasteiger partial charge on any atom is 0.118 e. The van der Waals surface area contributed by atoms with Crippen molar-refractivity contribution in [2.24, 2.45) is 0 Å². The summed E-state index contributed by atoms with van der Waals surface area (Å²) in [6.07, 6.45) is 0. The molecule has 0 N–H and O–H groups in total. The van der Waals surface area contributed by atoms with Gasteiger partial charge in [0.2, 0.25) is 0 Å². The van der Waals surface area contributed by atoms with Crippen LogP contribution in [0.1, 0.15) is 103 Å². The number of halogens is 2. The van der Waals surface area contributed by atoms with Crippen LogP contribution in [0.3, 0.4) is 0 Å². The molecule has 4 aromatic rings. The van der Waals surface area contributed by atoms with E-state index in [1.165, 1.54) is 77.9 Å². The summed E-state index contributed by atoms with van der Waals surface area (Å²) in [5.74, 6) is 0. The number of fused-ring (bicyclic) bond motifs is 2. The van der Waals surface area contributed by atoms with Gasteiger partial charge >= 0.3 is 0 Å². The van der Waals surface area contributed by atoms with Crippen LogP contribution >= 0.6 is 23.2 Å². The van der Waals surface area contributed by atoms with Gasteiger partial charge in [-0.15, -0.1) is 23.2 Å². The van der Waals surface area contributed by atoms with Crippen molar-refractivity contribution in [1.82, 2.24) is 0 Å². The number of allylic oxidation sites excluding steroid dienone is 4. The third kappa shape index (κ3) is 5.64. The van der Waals surface area contributed by atoms with Crippen LogP contribution in [-0.4, -0.2) is 9.52 Å². The molecule has 234 valence electrons. The molecule has 2 atom stereocenters. The SMILES string of the molecule is CC1=C(C)C(Cl)([Si]C2(Cl)C(C)=C(C)c3c(-c4ccc(C(C)(C)C)cc4)cccc32)c2cccc(-c3ccc(C(C)(C)C)cc3)c21.[Zr]. The molecule has 0 bridgehead atoms. The molecule has 0 aromatic heterocycles. The largest absolute Gasteiger partial charge is 0.118 e. The smallest absolute Gasteiger partial charge is 0.114 e. The normalized spacial score (nSPS) is 21.0. The van der Waals surface area contributed by atoms with Gasteiger partial charge in [-0.25, -0.2) is 0 Å². The van der Waals surface area contributed by atoms with Gasteiger partial charge in [0.25, 0.3) is 0 Å². The molecule has 2 unspecified atom stereocenters. The molecule has 0 nitrogen and oxygen atoms in total. The first-order valence-corrected chi connectivity index (χ1v) is 17.8. The molecule has 2 aliphatic carbocycles. The van der Waals surface area contributed by atoms with Crippen LogP contribution in [0.2, 0.25) is 0 Å². The van der Waals surface area contributed by atoms with Gasteiger partial charge in [-0.1, -0.05) is 126 Å². The van der Waals surface area contributed by atoms with Gasteiger partial charge in [-0.2, -0.15) is 0 Å². The summed E-state index contributed by atoms with van der Waals surface area (Å²) in [5, 5.41) is 0. The average molecular weight is 739 g/mol. The molecule has 4 aromatic carbocycles. The van der Waals surface area contributed by atoms with Gasteiger partial charge in [0.15, 0.2) is 0 Å². The number of rotatable bonds is 4. The number of hydrogen-bond acceptors (Lipinski definition) is 0. The van der Waals surface area contributed by atoms with Crippen molar-refractivity contribution in [2.75, 3.05) is 0 Å². The minimum atomic E-state index is -0.698. The van der Waals surface area contributed by atoms with Gasteiger partial charge in [0, 0.05) is 26.2 Å². The van der Waals surface area contributed by atoms with Gasteiger partial charge in [-0.05, 0) is 116 Å². The van der Waals surface area contributed by atoms with E-state index in [0.717, 1.165) is 0 Å². The minimum Gasteiger partial charge on any atom is -0.114 e. The summed E-state index contributed by atoms with van der Waals surface area (Å²) in [5.41, 5.74) is 17.6. The van der Waals surface area contributed by atoms with Crippen LogP contribution < -0.4 is 0 Å². The second kappa shape index (κ2) is 12.2. The van der Waals surface area contributed by atoms with E-state index < -0.39 is 8.99 Å². The maximum absolute atomic E-state index is 7.90. The van der Waals surface area contributed by atoms with Gasteiger partial charge in [0.05, 0.1) is 8.99 Å². The van der Waals surface area contributed by atoms with Crippen LogP contribution in [0.25, 0.3) is 33.4 Å². The molecular weight excluding hydrogens is 695 g/mol. The molecule has 0 aliphatic heterocycles. The summed E-state index contributed by atoms with van der Waals surface area (Å²) in [6.45, 7) is 22.4. The number of alkyl halides is 2. The molecule has 2 radical (unpaired) electrons. The molecule has 4 heteroatoms. The first kappa shape index (κ1) is 35.3. The Bertz CT molecular complexity index is 1750. The summed E-state index contributed by atoms with van der Waals surface area (Å²) < 4.78 is -1.40. The predicted octanol–water partition coefficient (Wildman–Crippen LogP) is 12.4. The van der Waals surface area contributed by atoms with E-state index in [2.05, 4.69) is 154 Å². The molecule has 46 heavy (non-hydrogen) atoms. The maximum atomic E-state index is 7.90. The van der Waals surface area contributed by atoms with Crippen molar-refractivity contribution in [2.45, 2.75) is 89.1 Å². The molecular formula is C42H44Cl2SiZr. The Morgan fingerprint density at radius 1 is 0.500 bits per heavy atom. The monoisotopic (exact) mass is 736 g/mol. The van der Waals surface area contributed by atoms with Crippen LogP contribution in [0.15, 0.2) is 96.1 Å². The zero-order chi connectivity index (χ0) is 32.7. The molecule has 0 spiro atoms. The van der Waals surface area contributed by atoms with Crippen molar-refractivity contribution >= 4 is 43.9 Å². The van der Waals surface area contributed by atoms with Crippen molar-refractivity contribution in [3.63, 3.8) is 0 Å². The second-order valence-electron chi connectivity index (χ2n) is 15.1. The quantitative estimate of drug-likeness (QED) is 0.144. The topological polar surface area (TPSA) is 0 Å². The van der Waals surface area contributed by atoms with E-state index >= 15 is 0 Å². The molecule has 6 rings (SSSR count). The minimum absolute atomic E-state index is 0. The fraction of sp³-hybridized carbons (Fsp3) is 0.333. The van der Waals surface area contributed by atoms with Crippen molar-refractivity contribution < 1.29 is 26.2 Å². The van der Waals surface area contributed by atoms with Crippen LogP contribution in [0.5, 0.6) is 0 Å². The Morgan fingerprint density at radius 3 is 1.13 bits per heavy atom. The van der Waals surface area contributed by atoms with E-state index in [-0.39, 0.29) is 46.6 Å². The first-order valence-electron chi connectivity index (χ1n) is 16.0. The Morgan fingerprint density at radius 2 is 0.826 bits per heavy atom. The van der Waals surface area contributed by atoms with Crippen molar-refractivity contribution in [3.05, 3.63) is 129 Å². The zero-order valence-electron chi connectivity index (χ0n) is 28.8. The fourth-order valence-corrected chi connectivity index (χ4v) is 10.6. The van der Waals surface area contributed by atoms with E-state index in [9.17, 15) is 0 Å². The molecule has 0 fully saturated rings. The third-order valence-electron chi connectivity index (χ3n) is 10.2. The Kier molecular flexibility index (Phi) is 9.36. The van der Waals surface area contributed by atoms with Crippen LogP contribution in [0.4, 0.5) is 0 Å². The molecule has 2 aliphatic rings. The average Bonchev–Trinajstić information content (AvgIpc) is 3.31. The fourth-order valence-electron chi connectivity index (χ4n) is 7.12. The Labute approximate surface area is 308 Å². The Balaban J connectivity index is 0.00000417. The standard InChI is InChI=1S/C42H44Cl2Si.Zr/c1-25-27(3)41(43,35-15-11-13-33(37(25)35)29-17-21-31(22-18-29)39(5,6)7)45-42(44)28(4)26(2)38-34(14-12-16-36(38)42)30-19-23-32(24-20-30)40(8,9)10;/h11-24H,1-10H3;. The second-order valence-corrected chi connectivity index (χ2v) is 18.6. The predicted molar refractivity (Wildman–Crippen MR) is 199 cm³/mol. The van der Waals surface area contributed by atoms with E-state index in [4.69, 9.17) is 23.2 Å². The van der Waals surface area contributed by atoms with Gasteiger partial charge in [0.1, 0.15) is 9.52 Å². The van der Waals surface area contributed by atoms with Crippen molar-refractivity contribution in [1.29, 1.82) is 0 Å². The number of hydrogen-bond donors (Lipinski definition) is 0. The summed E-state index contributed by atoms with van der Waals surface area (Å²) >= 11 is 15.8. The molecule has 0 saturated heterocycles. The van der Waals surface area contributed by atoms with Crippen LogP contribution in [-0.2, 0) is 46.0 Å². The first-order chi connectivity index (χ1) is 21.0. The number of benzene rings is 4. The summed E-state index contributed by atoms with van der Waals surface area (Å²) in [4.78, 5) is 0. The van der Waals surface area contributed by atoms with Gasteiger partial charge < -0.3 is 0 Å². The summed E-state index contributed by atoms with van der Waals surface area (Å²) in [6, 6.07) is 31.3. The molecule has 0 heterocycles.